The zero-order chi connectivity index (χ0) is 20.5. The molecule has 0 aliphatic carbocycles. The van der Waals surface area contributed by atoms with Crippen LogP contribution in [0.25, 0.3) is 0 Å². The predicted octanol–water partition coefficient (Wildman–Crippen LogP) is 4.26. The number of nitrogens with one attached hydrogen (secondary N) is 2. The Bertz CT molecular complexity index is 953. The largest absolute Gasteiger partial charge is 0.352 e. The van der Waals surface area contributed by atoms with Crippen molar-refractivity contribution in [3.63, 3.8) is 0 Å². The van der Waals surface area contributed by atoms with Gasteiger partial charge in [0.2, 0.25) is 0 Å². The maximum Gasteiger partial charge on any atom is 0.274 e. The summed E-state index contributed by atoms with van der Waals surface area (Å²) >= 11 is 0. The van der Waals surface area contributed by atoms with Crippen molar-refractivity contribution in [2.75, 3.05) is 11.9 Å². The van der Waals surface area contributed by atoms with Crippen molar-refractivity contribution in [2.24, 2.45) is 0 Å². The molecule has 0 aliphatic rings. The van der Waals surface area contributed by atoms with Gasteiger partial charge in [0.25, 0.3) is 11.8 Å². The van der Waals surface area contributed by atoms with E-state index in [-0.39, 0.29) is 17.5 Å². The van der Waals surface area contributed by atoms with Crippen molar-refractivity contribution in [1.82, 2.24) is 10.3 Å². The smallest absolute Gasteiger partial charge is 0.274 e. The molecular weight excluding hydrogens is 362 g/mol. The molecular formula is C24H25N3O2. The summed E-state index contributed by atoms with van der Waals surface area (Å²) in [6, 6.07) is 21.0. The van der Waals surface area contributed by atoms with Crippen molar-refractivity contribution in [3.05, 3.63) is 95.3 Å². The molecule has 2 N–H and O–H groups in total. The lowest BCUT2D eigenvalue weighted by Gasteiger charge is -2.08. The van der Waals surface area contributed by atoms with Gasteiger partial charge in [-0.15, -0.1) is 0 Å². The second-order valence-electron chi connectivity index (χ2n) is 6.78. The molecule has 148 valence electrons. The molecule has 0 saturated heterocycles. The monoisotopic (exact) mass is 387 g/mol. The van der Waals surface area contributed by atoms with Gasteiger partial charge in [-0.25, -0.2) is 0 Å². The predicted molar refractivity (Wildman–Crippen MR) is 115 cm³/mol. The van der Waals surface area contributed by atoms with E-state index in [0.717, 1.165) is 19.3 Å². The van der Waals surface area contributed by atoms with E-state index in [1.165, 1.54) is 23.4 Å². The van der Waals surface area contributed by atoms with Gasteiger partial charge in [0.05, 0.1) is 0 Å². The lowest BCUT2D eigenvalue weighted by Crippen LogP contribution is -2.25. The van der Waals surface area contributed by atoms with Gasteiger partial charge >= 0.3 is 0 Å². The van der Waals surface area contributed by atoms with E-state index in [2.05, 4.69) is 34.7 Å². The number of anilines is 1. The van der Waals surface area contributed by atoms with Gasteiger partial charge in [0.1, 0.15) is 5.69 Å². The Morgan fingerprint density at radius 1 is 0.897 bits per heavy atom. The fraction of sp³-hybridized carbons (Fsp3) is 0.208. The number of aryl methyl sites for hydroxylation is 2. The highest BCUT2D eigenvalue weighted by Crippen LogP contribution is 2.12. The molecule has 0 saturated carbocycles. The first kappa shape index (κ1) is 20.3. The van der Waals surface area contributed by atoms with Gasteiger partial charge in [-0.1, -0.05) is 49.4 Å². The van der Waals surface area contributed by atoms with Crippen LogP contribution in [0.2, 0.25) is 0 Å². The number of carbonyl (C=O) groups is 2. The average molecular weight is 387 g/mol. The number of nitrogens with zero attached hydrogens (tertiary/aromatic N) is 1. The minimum Gasteiger partial charge on any atom is -0.352 e. The Hall–Kier alpha value is -3.47. The molecule has 0 aliphatic heterocycles. The van der Waals surface area contributed by atoms with Crippen molar-refractivity contribution in [3.8, 4) is 0 Å². The Morgan fingerprint density at radius 3 is 2.38 bits per heavy atom. The first-order valence-electron chi connectivity index (χ1n) is 9.84. The normalized spacial score (nSPS) is 10.4. The van der Waals surface area contributed by atoms with Crippen LogP contribution >= 0.6 is 0 Å². The molecule has 3 aromatic rings. The summed E-state index contributed by atoms with van der Waals surface area (Å²) in [7, 11) is 0. The van der Waals surface area contributed by atoms with Crippen LogP contribution in [0.15, 0.2) is 72.9 Å². The molecule has 0 spiro atoms. The summed E-state index contributed by atoms with van der Waals surface area (Å²) in [5.74, 6) is -0.546. The molecule has 0 unspecified atom stereocenters. The number of benzene rings is 2. The first-order chi connectivity index (χ1) is 14.2. The number of amides is 2. The summed E-state index contributed by atoms with van der Waals surface area (Å²) in [5.41, 5.74) is 3.78. The summed E-state index contributed by atoms with van der Waals surface area (Å²) in [6.45, 7) is 2.65. The van der Waals surface area contributed by atoms with Gasteiger partial charge in [-0.3, -0.25) is 14.6 Å². The van der Waals surface area contributed by atoms with Gasteiger partial charge < -0.3 is 10.6 Å². The second-order valence-corrected chi connectivity index (χ2v) is 6.78. The Morgan fingerprint density at radius 2 is 1.66 bits per heavy atom. The highest BCUT2D eigenvalue weighted by atomic mass is 16.2. The van der Waals surface area contributed by atoms with Crippen LogP contribution in [-0.2, 0) is 12.8 Å². The SMILES string of the molecule is CCc1ccc(NC(=O)c2cc(C(=O)NCCCc3ccccc3)ccn2)cc1. The summed E-state index contributed by atoms with van der Waals surface area (Å²) < 4.78 is 0. The van der Waals surface area contributed by atoms with Crippen LogP contribution in [0.4, 0.5) is 5.69 Å². The minimum absolute atomic E-state index is 0.207. The third-order valence-corrected chi connectivity index (χ3v) is 4.65. The standard InChI is InChI=1S/C24H25N3O2/c1-2-18-10-12-21(13-11-18)27-24(29)22-17-20(14-16-25-22)23(28)26-15-6-9-19-7-4-3-5-8-19/h3-5,7-8,10-14,16-17H,2,6,9,15H2,1H3,(H,26,28)(H,27,29). The number of hydrogen-bond acceptors (Lipinski definition) is 3. The first-order valence-corrected chi connectivity index (χ1v) is 9.84. The molecule has 2 amide bonds. The van der Waals surface area contributed by atoms with Crippen LogP contribution in [0.3, 0.4) is 0 Å². The molecule has 3 rings (SSSR count). The molecule has 5 nitrogen and oxygen atoms in total. The van der Waals surface area contributed by atoms with E-state index >= 15 is 0 Å². The minimum atomic E-state index is -0.340. The fourth-order valence-electron chi connectivity index (χ4n) is 2.96. The number of carbonyl (C=O) groups excluding carboxylic acids is 2. The third kappa shape index (κ3) is 6.01. The molecule has 29 heavy (non-hydrogen) atoms. The summed E-state index contributed by atoms with van der Waals surface area (Å²) in [4.78, 5) is 28.9. The Labute approximate surface area is 171 Å². The summed E-state index contributed by atoms with van der Waals surface area (Å²) in [6.07, 6.45) is 4.18. The molecule has 0 radical (unpaired) electrons. The second kappa shape index (κ2) is 10.2. The van der Waals surface area contributed by atoms with Gasteiger partial charge in [-0.05, 0) is 54.7 Å². The number of pyridine rings is 1. The van der Waals surface area contributed by atoms with Crippen LogP contribution in [0.5, 0.6) is 0 Å². The van der Waals surface area contributed by atoms with Crippen molar-refractivity contribution in [1.29, 1.82) is 0 Å². The molecule has 0 fully saturated rings. The molecule has 1 aromatic heterocycles. The molecule has 1 heterocycles. The van der Waals surface area contributed by atoms with E-state index in [0.29, 0.717) is 17.8 Å². The van der Waals surface area contributed by atoms with Crippen molar-refractivity contribution in [2.45, 2.75) is 26.2 Å². The van der Waals surface area contributed by atoms with E-state index < -0.39 is 0 Å². The average Bonchev–Trinajstić information content (AvgIpc) is 2.78. The maximum absolute atomic E-state index is 12.5. The zero-order valence-electron chi connectivity index (χ0n) is 16.5. The summed E-state index contributed by atoms with van der Waals surface area (Å²) in [5, 5.41) is 5.71. The van der Waals surface area contributed by atoms with E-state index in [1.54, 1.807) is 6.07 Å². The lowest BCUT2D eigenvalue weighted by molar-refractivity contribution is 0.0953. The van der Waals surface area contributed by atoms with Crippen LogP contribution in [0, 0.1) is 0 Å². The number of rotatable bonds is 8. The van der Waals surface area contributed by atoms with Gasteiger partial charge in [0.15, 0.2) is 0 Å². The van der Waals surface area contributed by atoms with E-state index in [1.807, 2.05) is 42.5 Å². The Balaban J connectivity index is 1.53. The van der Waals surface area contributed by atoms with Crippen LogP contribution < -0.4 is 10.6 Å². The highest BCUT2D eigenvalue weighted by molar-refractivity contribution is 6.04. The number of hydrogen-bond donors (Lipinski definition) is 2. The topological polar surface area (TPSA) is 71.1 Å². The fourth-order valence-corrected chi connectivity index (χ4v) is 2.96. The maximum atomic E-state index is 12.5. The molecule has 0 bridgehead atoms. The van der Waals surface area contributed by atoms with E-state index in [4.69, 9.17) is 0 Å². The van der Waals surface area contributed by atoms with Crippen molar-refractivity contribution >= 4 is 17.5 Å². The van der Waals surface area contributed by atoms with Gasteiger partial charge in [-0.2, -0.15) is 0 Å². The van der Waals surface area contributed by atoms with Crippen LogP contribution in [-0.4, -0.2) is 23.3 Å². The third-order valence-electron chi connectivity index (χ3n) is 4.65. The Kier molecular flexibility index (Phi) is 7.11. The number of aromatic nitrogens is 1. The van der Waals surface area contributed by atoms with Gasteiger partial charge in [0, 0.05) is 24.0 Å². The molecule has 5 heteroatoms. The highest BCUT2D eigenvalue weighted by Gasteiger charge is 2.12. The zero-order valence-corrected chi connectivity index (χ0v) is 16.5. The molecule has 2 aromatic carbocycles. The molecule has 0 atom stereocenters. The van der Waals surface area contributed by atoms with Crippen LogP contribution in [0.1, 0.15) is 45.3 Å². The lowest BCUT2D eigenvalue weighted by atomic mass is 10.1. The quantitative estimate of drug-likeness (QED) is 0.568. The van der Waals surface area contributed by atoms with E-state index in [9.17, 15) is 9.59 Å². The van der Waals surface area contributed by atoms with Crippen molar-refractivity contribution < 1.29 is 9.59 Å².